The summed E-state index contributed by atoms with van der Waals surface area (Å²) < 4.78 is 0. The highest BCUT2D eigenvalue weighted by atomic mass is 35.5. The third kappa shape index (κ3) is 4.11. The first-order valence-electron chi connectivity index (χ1n) is 6.97. The minimum absolute atomic E-state index is 0. The van der Waals surface area contributed by atoms with Gasteiger partial charge in [0.05, 0.1) is 6.04 Å². The highest BCUT2D eigenvalue weighted by Gasteiger charge is 2.27. The highest BCUT2D eigenvalue weighted by Crippen LogP contribution is 2.18. The van der Waals surface area contributed by atoms with Gasteiger partial charge in [-0.3, -0.25) is 9.69 Å². The standard InChI is InChI=1S/C13H25N3O.ClH/c1-10(16-8-4-5-11(14)9-16)13(17)15-12-6-2-3-7-12;/h10-12H,2-9,14H2,1H3,(H,15,17);1H/t10?,11-;/m1./s1. The lowest BCUT2D eigenvalue weighted by molar-refractivity contribution is -0.127. The van der Waals surface area contributed by atoms with Gasteiger partial charge in [0.15, 0.2) is 0 Å². The first-order valence-corrected chi connectivity index (χ1v) is 6.97. The number of amides is 1. The third-order valence-corrected chi connectivity index (χ3v) is 4.12. The lowest BCUT2D eigenvalue weighted by atomic mass is 10.0. The van der Waals surface area contributed by atoms with E-state index < -0.39 is 0 Å². The molecule has 2 rings (SSSR count). The van der Waals surface area contributed by atoms with E-state index in [4.69, 9.17) is 5.73 Å². The number of carbonyl (C=O) groups excluding carboxylic acids is 1. The van der Waals surface area contributed by atoms with Crippen LogP contribution in [0.2, 0.25) is 0 Å². The van der Waals surface area contributed by atoms with Crippen LogP contribution in [-0.4, -0.2) is 42.0 Å². The van der Waals surface area contributed by atoms with E-state index in [9.17, 15) is 4.79 Å². The van der Waals surface area contributed by atoms with Crippen LogP contribution in [0.15, 0.2) is 0 Å². The van der Waals surface area contributed by atoms with Gasteiger partial charge in [-0.05, 0) is 39.2 Å². The first-order chi connectivity index (χ1) is 8.16. The zero-order chi connectivity index (χ0) is 12.3. The molecule has 1 amide bonds. The molecule has 2 aliphatic rings. The average molecular weight is 276 g/mol. The maximum absolute atomic E-state index is 12.1. The molecule has 0 radical (unpaired) electrons. The van der Waals surface area contributed by atoms with Crippen LogP contribution >= 0.6 is 12.4 Å². The quantitative estimate of drug-likeness (QED) is 0.816. The van der Waals surface area contributed by atoms with Gasteiger partial charge in [0.1, 0.15) is 0 Å². The van der Waals surface area contributed by atoms with Crippen molar-refractivity contribution in [3.8, 4) is 0 Å². The number of halogens is 1. The summed E-state index contributed by atoms with van der Waals surface area (Å²) in [5.74, 6) is 0.186. The van der Waals surface area contributed by atoms with Crippen LogP contribution in [-0.2, 0) is 4.79 Å². The summed E-state index contributed by atoms with van der Waals surface area (Å²) in [7, 11) is 0. The molecule has 2 fully saturated rings. The second kappa shape index (κ2) is 7.31. The summed E-state index contributed by atoms with van der Waals surface area (Å²) in [5.41, 5.74) is 5.95. The van der Waals surface area contributed by atoms with Crippen LogP contribution in [0.4, 0.5) is 0 Å². The van der Waals surface area contributed by atoms with E-state index in [2.05, 4.69) is 10.2 Å². The van der Waals surface area contributed by atoms with Crippen LogP contribution in [0.25, 0.3) is 0 Å². The van der Waals surface area contributed by atoms with Crippen molar-refractivity contribution < 1.29 is 4.79 Å². The summed E-state index contributed by atoms with van der Waals surface area (Å²) in [6, 6.07) is 0.635. The lowest BCUT2D eigenvalue weighted by Gasteiger charge is -2.35. The first kappa shape index (κ1) is 15.7. The van der Waals surface area contributed by atoms with E-state index in [1.807, 2.05) is 6.92 Å². The maximum Gasteiger partial charge on any atom is 0.237 e. The number of nitrogens with one attached hydrogen (secondary N) is 1. The second-order valence-electron chi connectivity index (χ2n) is 5.56. The van der Waals surface area contributed by atoms with Gasteiger partial charge in [-0.25, -0.2) is 0 Å². The van der Waals surface area contributed by atoms with Gasteiger partial charge in [-0.1, -0.05) is 12.8 Å². The predicted molar refractivity (Wildman–Crippen MR) is 75.9 cm³/mol. The van der Waals surface area contributed by atoms with E-state index in [1.54, 1.807) is 0 Å². The van der Waals surface area contributed by atoms with Gasteiger partial charge >= 0.3 is 0 Å². The molecule has 5 heteroatoms. The zero-order valence-electron chi connectivity index (χ0n) is 11.2. The molecule has 2 atom stereocenters. The number of nitrogens with zero attached hydrogens (tertiary/aromatic N) is 1. The maximum atomic E-state index is 12.1. The molecule has 0 spiro atoms. The number of piperidine rings is 1. The number of nitrogens with two attached hydrogens (primary N) is 1. The fourth-order valence-corrected chi connectivity index (χ4v) is 2.95. The molecule has 1 aliphatic heterocycles. The smallest absolute Gasteiger partial charge is 0.237 e. The number of hydrogen-bond acceptors (Lipinski definition) is 3. The molecule has 1 saturated carbocycles. The Hall–Kier alpha value is -0.320. The summed E-state index contributed by atoms with van der Waals surface area (Å²) in [5, 5.41) is 3.17. The Kier molecular flexibility index (Phi) is 6.39. The molecule has 1 saturated heterocycles. The normalized spacial score (nSPS) is 27.6. The molecule has 1 unspecified atom stereocenters. The van der Waals surface area contributed by atoms with Crippen molar-refractivity contribution in [1.82, 2.24) is 10.2 Å². The lowest BCUT2D eigenvalue weighted by Crippen LogP contribution is -2.53. The Balaban J connectivity index is 0.00000162. The van der Waals surface area contributed by atoms with Crippen molar-refractivity contribution in [2.75, 3.05) is 13.1 Å². The van der Waals surface area contributed by atoms with E-state index in [0.717, 1.165) is 38.8 Å². The highest BCUT2D eigenvalue weighted by molar-refractivity contribution is 5.85. The summed E-state index contributed by atoms with van der Waals surface area (Å²) in [6.07, 6.45) is 7.02. The number of hydrogen-bond donors (Lipinski definition) is 2. The molecule has 18 heavy (non-hydrogen) atoms. The van der Waals surface area contributed by atoms with E-state index in [0.29, 0.717) is 6.04 Å². The Bertz CT molecular complexity index is 269. The Labute approximate surface area is 116 Å². The van der Waals surface area contributed by atoms with Gasteiger partial charge in [0.2, 0.25) is 5.91 Å². The van der Waals surface area contributed by atoms with Crippen molar-refractivity contribution >= 4 is 18.3 Å². The molecule has 0 aromatic heterocycles. The molecule has 0 aromatic rings. The molecule has 106 valence electrons. The fraction of sp³-hybridized carbons (Fsp3) is 0.923. The Morgan fingerprint density at radius 1 is 1.28 bits per heavy atom. The average Bonchev–Trinajstić information content (AvgIpc) is 2.80. The summed E-state index contributed by atoms with van der Waals surface area (Å²) in [4.78, 5) is 14.3. The van der Waals surface area contributed by atoms with Crippen molar-refractivity contribution in [3.05, 3.63) is 0 Å². The molecule has 1 aliphatic carbocycles. The molecule has 1 heterocycles. The van der Waals surface area contributed by atoms with Gasteiger partial charge in [-0.15, -0.1) is 12.4 Å². The van der Waals surface area contributed by atoms with E-state index >= 15 is 0 Å². The van der Waals surface area contributed by atoms with E-state index in [1.165, 1.54) is 12.8 Å². The van der Waals surface area contributed by atoms with Crippen LogP contribution < -0.4 is 11.1 Å². The fourth-order valence-electron chi connectivity index (χ4n) is 2.95. The molecule has 4 nitrogen and oxygen atoms in total. The Morgan fingerprint density at radius 3 is 2.56 bits per heavy atom. The topological polar surface area (TPSA) is 58.4 Å². The number of rotatable bonds is 3. The van der Waals surface area contributed by atoms with Crippen LogP contribution in [0.3, 0.4) is 0 Å². The van der Waals surface area contributed by atoms with Gasteiger partial charge in [-0.2, -0.15) is 0 Å². The van der Waals surface area contributed by atoms with Gasteiger partial charge in [0, 0.05) is 18.6 Å². The molecule has 0 bridgehead atoms. The molecule has 0 aromatic carbocycles. The monoisotopic (exact) mass is 275 g/mol. The molecular formula is C13H26ClN3O. The van der Waals surface area contributed by atoms with Crippen molar-refractivity contribution in [3.63, 3.8) is 0 Å². The van der Waals surface area contributed by atoms with Crippen molar-refractivity contribution in [2.24, 2.45) is 5.73 Å². The van der Waals surface area contributed by atoms with Gasteiger partial charge < -0.3 is 11.1 Å². The number of likely N-dealkylation sites (tertiary alicyclic amines) is 1. The van der Waals surface area contributed by atoms with Crippen LogP contribution in [0.5, 0.6) is 0 Å². The SMILES string of the molecule is CC(C(=O)NC1CCCC1)N1CCC[C@@H](N)C1.Cl. The zero-order valence-corrected chi connectivity index (χ0v) is 12.0. The predicted octanol–water partition coefficient (Wildman–Crippen LogP) is 1.28. The summed E-state index contributed by atoms with van der Waals surface area (Å²) in [6.45, 7) is 3.87. The summed E-state index contributed by atoms with van der Waals surface area (Å²) >= 11 is 0. The third-order valence-electron chi connectivity index (χ3n) is 4.12. The molecule has 3 N–H and O–H groups in total. The van der Waals surface area contributed by atoms with Crippen LogP contribution in [0, 0.1) is 0 Å². The Morgan fingerprint density at radius 2 is 1.94 bits per heavy atom. The van der Waals surface area contributed by atoms with E-state index in [-0.39, 0.29) is 30.4 Å². The minimum atomic E-state index is -0.0260. The minimum Gasteiger partial charge on any atom is -0.352 e. The van der Waals surface area contributed by atoms with Crippen molar-refractivity contribution in [2.45, 2.75) is 63.6 Å². The van der Waals surface area contributed by atoms with Crippen LogP contribution in [0.1, 0.15) is 45.4 Å². The second-order valence-corrected chi connectivity index (χ2v) is 5.56. The molecular weight excluding hydrogens is 250 g/mol. The number of carbonyl (C=O) groups is 1. The largest absolute Gasteiger partial charge is 0.352 e. The van der Waals surface area contributed by atoms with Gasteiger partial charge in [0.25, 0.3) is 0 Å². The van der Waals surface area contributed by atoms with Crippen molar-refractivity contribution in [1.29, 1.82) is 0 Å².